The van der Waals surface area contributed by atoms with Crippen LogP contribution in [0.5, 0.6) is 0 Å². The number of hydrogen-bond donors (Lipinski definition) is 1. The minimum absolute atomic E-state index is 0.0461. The molecule has 1 aliphatic carbocycles. The molecule has 1 fully saturated rings. The second-order valence-electron chi connectivity index (χ2n) is 4.81. The highest BCUT2D eigenvalue weighted by molar-refractivity contribution is 6.32. The molecule has 20 heavy (non-hydrogen) atoms. The summed E-state index contributed by atoms with van der Waals surface area (Å²) >= 11 is 11.6. The van der Waals surface area contributed by atoms with Crippen molar-refractivity contribution in [2.24, 2.45) is 0 Å². The Morgan fingerprint density at radius 1 is 1.40 bits per heavy atom. The number of rotatable bonds is 3. The Morgan fingerprint density at radius 2 is 2.15 bits per heavy atom. The topological polar surface area (TPSA) is 46.2 Å². The number of Topliss-reactive ketones (excluding diaryl/α,β-unsaturated/α-hetero) is 1. The van der Waals surface area contributed by atoms with Crippen molar-refractivity contribution in [2.75, 3.05) is 5.88 Å². The molecular formula is C14H14Cl2FNO2. The minimum Gasteiger partial charge on any atom is -0.338 e. The molecule has 0 aliphatic heterocycles. The van der Waals surface area contributed by atoms with Crippen LogP contribution in [0, 0.1) is 5.82 Å². The van der Waals surface area contributed by atoms with Crippen molar-refractivity contribution in [3.63, 3.8) is 0 Å². The molecule has 3 nitrogen and oxygen atoms in total. The van der Waals surface area contributed by atoms with E-state index in [4.69, 9.17) is 23.2 Å². The highest BCUT2D eigenvalue weighted by atomic mass is 35.5. The van der Waals surface area contributed by atoms with E-state index in [-0.39, 0.29) is 28.7 Å². The van der Waals surface area contributed by atoms with Gasteiger partial charge in [0, 0.05) is 17.0 Å². The van der Waals surface area contributed by atoms with E-state index in [2.05, 4.69) is 5.32 Å². The fourth-order valence-corrected chi connectivity index (χ4v) is 3.06. The van der Waals surface area contributed by atoms with Crippen molar-refractivity contribution >= 4 is 34.9 Å². The van der Waals surface area contributed by atoms with Gasteiger partial charge < -0.3 is 5.32 Å². The summed E-state index contributed by atoms with van der Waals surface area (Å²) in [5.41, 5.74) is -1.35. The number of ketones is 1. The lowest BCUT2D eigenvalue weighted by Gasteiger charge is -2.37. The van der Waals surface area contributed by atoms with Gasteiger partial charge in [-0.25, -0.2) is 4.39 Å². The van der Waals surface area contributed by atoms with Gasteiger partial charge in [-0.05, 0) is 31.4 Å². The van der Waals surface area contributed by atoms with Gasteiger partial charge in [0.15, 0.2) is 5.78 Å². The van der Waals surface area contributed by atoms with Gasteiger partial charge in [-0.3, -0.25) is 9.59 Å². The Balaban J connectivity index is 2.56. The largest absolute Gasteiger partial charge is 0.338 e. The average Bonchev–Trinajstić information content (AvgIpc) is 2.41. The maximum absolute atomic E-state index is 14.2. The fourth-order valence-electron chi connectivity index (χ4n) is 2.66. The normalized spacial score (nSPS) is 22.6. The SMILES string of the molecule is O=C(CCl)NC1(c2c(F)cccc2Cl)CCCCC1=O. The first kappa shape index (κ1) is 15.3. The molecule has 2 rings (SSSR count). The van der Waals surface area contributed by atoms with Crippen LogP contribution in [0.1, 0.15) is 31.2 Å². The molecule has 1 unspecified atom stereocenters. The number of halogens is 3. The number of benzene rings is 1. The Bertz CT molecular complexity index is 530. The third-order valence-corrected chi connectivity index (χ3v) is 4.10. The van der Waals surface area contributed by atoms with Crippen LogP contribution in [0.3, 0.4) is 0 Å². The monoisotopic (exact) mass is 317 g/mol. The molecule has 1 N–H and O–H groups in total. The molecule has 0 bridgehead atoms. The van der Waals surface area contributed by atoms with Crippen molar-refractivity contribution in [3.05, 3.63) is 34.6 Å². The van der Waals surface area contributed by atoms with E-state index >= 15 is 0 Å². The van der Waals surface area contributed by atoms with Gasteiger partial charge in [0.1, 0.15) is 17.2 Å². The standard InChI is InChI=1S/C14H14Cl2FNO2/c15-8-12(20)18-14(7-2-1-6-11(14)19)13-9(16)4-3-5-10(13)17/h3-5H,1-2,6-8H2,(H,18,20). The molecule has 0 aromatic heterocycles. The van der Waals surface area contributed by atoms with Gasteiger partial charge in [0.05, 0.1) is 0 Å². The van der Waals surface area contributed by atoms with Gasteiger partial charge in [-0.1, -0.05) is 17.7 Å². The van der Waals surface area contributed by atoms with Crippen molar-refractivity contribution in [3.8, 4) is 0 Å². The summed E-state index contributed by atoms with van der Waals surface area (Å²) in [5.74, 6) is -1.63. The molecule has 0 spiro atoms. The highest BCUT2D eigenvalue weighted by Gasteiger charge is 2.45. The lowest BCUT2D eigenvalue weighted by Crippen LogP contribution is -2.54. The first-order valence-electron chi connectivity index (χ1n) is 6.36. The minimum atomic E-state index is -1.40. The number of carbonyl (C=O) groups excluding carboxylic acids is 2. The van der Waals surface area contributed by atoms with E-state index in [1.54, 1.807) is 0 Å². The number of carbonyl (C=O) groups is 2. The zero-order chi connectivity index (χ0) is 14.8. The lowest BCUT2D eigenvalue weighted by atomic mass is 9.75. The second kappa shape index (κ2) is 6.10. The third kappa shape index (κ3) is 2.67. The van der Waals surface area contributed by atoms with E-state index < -0.39 is 17.3 Å². The van der Waals surface area contributed by atoms with E-state index in [1.165, 1.54) is 18.2 Å². The second-order valence-corrected chi connectivity index (χ2v) is 5.49. The van der Waals surface area contributed by atoms with Crippen LogP contribution in [0.2, 0.25) is 5.02 Å². The zero-order valence-corrected chi connectivity index (χ0v) is 12.2. The Morgan fingerprint density at radius 3 is 2.75 bits per heavy atom. The van der Waals surface area contributed by atoms with Crippen LogP contribution in [-0.4, -0.2) is 17.6 Å². The molecule has 108 valence electrons. The molecule has 1 atom stereocenters. The molecule has 1 aromatic carbocycles. The quantitative estimate of drug-likeness (QED) is 0.870. The Labute approximate surface area is 126 Å². The lowest BCUT2D eigenvalue weighted by molar-refractivity contribution is -0.133. The number of amides is 1. The van der Waals surface area contributed by atoms with Crippen LogP contribution in [0.25, 0.3) is 0 Å². The predicted molar refractivity (Wildman–Crippen MR) is 75.4 cm³/mol. The van der Waals surface area contributed by atoms with Crippen molar-refractivity contribution < 1.29 is 14.0 Å². The van der Waals surface area contributed by atoms with Crippen LogP contribution in [0.4, 0.5) is 4.39 Å². The number of hydrogen-bond acceptors (Lipinski definition) is 2. The molecule has 1 saturated carbocycles. The smallest absolute Gasteiger partial charge is 0.235 e. The maximum atomic E-state index is 14.2. The van der Waals surface area contributed by atoms with Gasteiger partial charge in [-0.15, -0.1) is 11.6 Å². The Kier molecular flexibility index (Phi) is 4.66. The molecule has 1 amide bonds. The molecular weight excluding hydrogens is 304 g/mol. The van der Waals surface area contributed by atoms with Crippen LogP contribution < -0.4 is 5.32 Å². The highest BCUT2D eigenvalue weighted by Crippen LogP contribution is 2.39. The van der Waals surface area contributed by atoms with Gasteiger partial charge in [-0.2, -0.15) is 0 Å². The number of alkyl halides is 1. The summed E-state index contributed by atoms with van der Waals surface area (Å²) in [4.78, 5) is 24.1. The summed E-state index contributed by atoms with van der Waals surface area (Å²) in [6.07, 6.45) is 2.05. The summed E-state index contributed by atoms with van der Waals surface area (Å²) in [6.45, 7) is 0. The average molecular weight is 318 g/mol. The fraction of sp³-hybridized carbons (Fsp3) is 0.429. The predicted octanol–water partition coefficient (Wildman–Crippen LogP) is 3.17. The van der Waals surface area contributed by atoms with E-state index in [1.807, 2.05) is 0 Å². The molecule has 1 aliphatic rings. The molecule has 6 heteroatoms. The Hall–Kier alpha value is -1.13. The van der Waals surface area contributed by atoms with Gasteiger partial charge in [0.25, 0.3) is 0 Å². The van der Waals surface area contributed by atoms with E-state index in [0.717, 1.165) is 6.42 Å². The summed E-state index contributed by atoms with van der Waals surface area (Å²) in [7, 11) is 0. The molecule has 0 radical (unpaired) electrons. The summed E-state index contributed by atoms with van der Waals surface area (Å²) in [6, 6.07) is 4.21. The molecule has 0 heterocycles. The third-order valence-electron chi connectivity index (χ3n) is 3.55. The first-order valence-corrected chi connectivity index (χ1v) is 7.27. The summed E-state index contributed by atoms with van der Waals surface area (Å²) in [5, 5.41) is 2.72. The number of nitrogens with one attached hydrogen (secondary N) is 1. The molecule has 0 saturated heterocycles. The summed E-state index contributed by atoms with van der Waals surface area (Å²) < 4.78 is 14.2. The molecule has 1 aromatic rings. The van der Waals surface area contributed by atoms with E-state index in [9.17, 15) is 14.0 Å². The van der Waals surface area contributed by atoms with Crippen LogP contribution in [0.15, 0.2) is 18.2 Å². The zero-order valence-electron chi connectivity index (χ0n) is 10.7. The van der Waals surface area contributed by atoms with Crippen LogP contribution >= 0.6 is 23.2 Å². The van der Waals surface area contributed by atoms with Crippen molar-refractivity contribution in [2.45, 2.75) is 31.2 Å². The first-order chi connectivity index (χ1) is 9.51. The maximum Gasteiger partial charge on any atom is 0.235 e. The van der Waals surface area contributed by atoms with Crippen LogP contribution in [-0.2, 0) is 15.1 Å². The van der Waals surface area contributed by atoms with Gasteiger partial charge in [0.2, 0.25) is 5.91 Å². The van der Waals surface area contributed by atoms with Gasteiger partial charge >= 0.3 is 0 Å². The van der Waals surface area contributed by atoms with E-state index in [0.29, 0.717) is 12.8 Å². The van der Waals surface area contributed by atoms with Crippen molar-refractivity contribution in [1.29, 1.82) is 0 Å². The van der Waals surface area contributed by atoms with Crippen molar-refractivity contribution in [1.82, 2.24) is 5.32 Å².